The van der Waals surface area contributed by atoms with Crippen molar-refractivity contribution in [3.8, 4) is 6.07 Å². The standard InChI is InChI=1S/C16H16ClN5/c17-14-5-1-6-15(13(14)10-18)22-9-2-4-12(11-22)21-16-19-7-3-8-20-16/h1,3,5-8,12H,2,4,9,11H2,(H,19,20,21). The Labute approximate surface area is 134 Å². The van der Waals surface area contributed by atoms with E-state index in [1.165, 1.54) is 0 Å². The average Bonchev–Trinajstić information content (AvgIpc) is 2.56. The predicted molar refractivity (Wildman–Crippen MR) is 87.1 cm³/mol. The molecule has 1 aliphatic heterocycles. The summed E-state index contributed by atoms with van der Waals surface area (Å²) in [6.45, 7) is 1.72. The predicted octanol–water partition coefficient (Wildman–Crippen LogP) is 3.08. The van der Waals surface area contributed by atoms with Crippen LogP contribution in [0.15, 0.2) is 36.7 Å². The molecule has 2 aromatic rings. The van der Waals surface area contributed by atoms with Gasteiger partial charge in [0.15, 0.2) is 0 Å². The molecule has 1 N–H and O–H groups in total. The Kier molecular flexibility index (Phi) is 4.40. The zero-order valence-corrected chi connectivity index (χ0v) is 12.8. The van der Waals surface area contributed by atoms with E-state index in [0.29, 0.717) is 16.5 Å². The van der Waals surface area contributed by atoms with Crippen molar-refractivity contribution in [1.82, 2.24) is 9.97 Å². The lowest BCUT2D eigenvalue weighted by Gasteiger charge is -2.35. The number of nitrogens with one attached hydrogen (secondary N) is 1. The van der Waals surface area contributed by atoms with Crippen molar-refractivity contribution < 1.29 is 0 Å². The van der Waals surface area contributed by atoms with Crippen LogP contribution in [-0.2, 0) is 0 Å². The van der Waals surface area contributed by atoms with E-state index in [2.05, 4.69) is 26.3 Å². The number of anilines is 2. The Balaban J connectivity index is 1.76. The molecule has 0 amide bonds. The summed E-state index contributed by atoms with van der Waals surface area (Å²) in [6.07, 6.45) is 5.54. The summed E-state index contributed by atoms with van der Waals surface area (Å²) in [7, 11) is 0. The van der Waals surface area contributed by atoms with Gasteiger partial charge in [-0.2, -0.15) is 5.26 Å². The summed E-state index contributed by atoms with van der Waals surface area (Å²) < 4.78 is 0. The number of aromatic nitrogens is 2. The number of hydrogen-bond acceptors (Lipinski definition) is 5. The Morgan fingerprint density at radius 2 is 2.09 bits per heavy atom. The van der Waals surface area contributed by atoms with Gasteiger partial charge in [0, 0.05) is 31.5 Å². The van der Waals surface area contributed by atoms with Crippen molar-refractivity contribution >= 4 is 23.2 Å². The molecule has 0 saturated carbocycles. The second-order valence-electron chi connectivity index (χ2n) is 5.25. The molecule has 112 valence electrons. The number of nitriles is 1. The third-order valence-corrected chi connectivity index (χ3v) is 4.08. The largest absolute Gasteiger partial charge is 0.368 e. The molecule has 1 unspecified atom stereocenters. The minimum Gasteiger partial charge on any atom is -0.368 e. The molecule has 5 nitrogen and oxygen atoms in total. The van der Waals surface area contributed by atoms with Gasteiger partial charge in [0.05, 0.1) is 16.3 Å². The highest BCUT2D eigenvalue weighted by Crippen LogP contribution is 2.29. The first kappa shape index (κ1) is 14.6. The van der Waals surface area contributed by atoms with Gasteiger partial charge in [-0.3, -0.25) is 0 Å². The van der Waals surface area contributed by atoms with Crippen molar-refractivity contribution in [2.75, 3.05) is 23.3 Å². The van der Waals surface area contributed by atoms with E-state index >= 15 is 0 Å². The third kappa shape index (κ3) is 3.12. The van der Waals surface area contributed by atoms with Crippen LogP contribution in [0.3, 0.4) is 0 Å². The first-order valence-electron chi connectivity index (χ1n) is 7.25. The third-order valence-electron chi connectivity index (χ3n) is 3.76. The maximum atomic E-state index is 9.33. The Bertz CT molecular complexity index is 683. The summed E-state index contributed by atoms with van der Waals surface area (Å²) >= 11 is 6.13. The van der Waals surface area contributed by atoms with Crippen LogP contribution in [0.4, 0.5) is 11.6 Å². The zero-order valence-electron chi connectivity index (χ0n) is 12.0. The maximum absolute atomic E-state index is 9.33. The summed E-state index contributed by atoms with van der Waals surface area (Å²) in [5.41, 5.74) is 1.44. The van der Waals surface area contributed by atoms with Gasteiger partial charge in [0.2, 0.25) is 5.95 Å². The van der Waals surface area contributed by atoms with Crippen LogP contribution < -0.4 is 10.2 Å². The minimum absolute atomic E-state index is 0.252. The zero-order chi connectivity index (χ0) is 15.4. The summed E-state index contributed by atoms with van der Waals surface area (Å²) in [5, 5.41) is 13.2. The molecule has 0 aliphatic carbocycles. The van der Waals surface area contributed by atoms with Crippen LogP contribution in [0.5, 0.6) is 0 Å². The maximum Gasteiger partial charge on any atom is 0.222 e. The fourth-order valence-electron chi connectivity index (χ4n) is 2.76. The fourth-order valence-corrected chi connectivity index (χ4v) is 2.97. The molecule has 1 fully saturated rings. The fraction of sp³-hybridized carbons (Fsp3) is 0.312. The molecule has 22 heavy (non-hydrogen) atoms. The van der Waals surface area contributed by atoms with E-state index in [0.717, 1.165) is 31.6 Å². The Morgan fingerprint density at radius 3 is 2.86 bits per heavy atom. The van der Waals surface area contributed by atoms with Gasteiger partial charge in [-0.25, -0.2) is 9.97 Å². The number of benzene rings is 1. The first-order valence-corrected chi connectivity index (χ1v) is 7.63. The van der Waals surface area contributed by atoms with E-state index < -0.39 is 0 Å². The van der Waals surface area contributed by atoms with Crippen molar-refractivity contribution in [2.45, 2.75) is 18.9 Å². The monoisotopic (exact) mass is 313 g/mol. The molecule has 1 saturated heterocycles. The van der Waals surface area contributed by atoms with Crippen LogP contribution in [0.1, 0.15) is 18.4 Å². The van der Waals surface area contributed by atoms with Gasteiger partial charge in [-0.05, 0) is 31.0 Å². The number of rotatable bonds is 3. The molecule has 6 heteroatoms. The van der Waals surface area contributed by atoms with Crippen molar-refractivity contribution in [2.24, 2.45) is 0 Å². The SMILES string of the molecule is N#Cc1c(Cl)cccc1N1CCCC(Nc2ncccn2)C1. The van der Waals surface area contributed by atoms with E-state index in [9.17, 15) is 5.26 Å². The number of halogens is 1. The second kappa shape index (κ2) is 6.63. The highest BCUT2D eigenvalue weighted by atomic mass is 35.5. The Hall–Kier alpha value is -2.32. The van der Waals surface area contributed by atoms with Crippen molar-refractivity contribution in [1.29, 1.82) is 5.26 Å². The van der Waals surface area contributed by atoms with Crippen molar-refractivity contribution in [3.05, 3.63) is 47.2 Å². The number of nitrogens with zero attached hydrogens (tertiary/aromatic N) is 4. The van der Waals surface area contributed by atoms with E-state index in [1.807, 2.05) is 12.1 Å². The first-order chi connectivity index (χ1) is 10.8. The van der Waals surface area contributed by atoms with Gasteiger partial charge in [0.1, 0.15) is 6.07 Å². The van der Waals surface area contributed by atoms with E-state index in [-0.39, 0.29) is 6.04 Å². The molecule has 3 rings (SSSR count). The highest BCUT2D eigenvalue weighted by molar-refractivity contribution is 6.32. The molecule has 0 spiro atoms. The topological polar surface area (TPSA) is 64.8 Å². The second-order valence-corrected chi connectivity index (χ2v) is 5.65. The van der Waals surface area contributed by atoms with Gasteiger partial charge in [-0.15, -0.1) is 0 Å². The molecular formula is C16H16ClN5. The summed E-state index contributed by atoms with van der Waals surface area (Å²) in [4.78, 5) is 10.6. The smallest absolute Gasteiger partial charge is 0.222 e. The summed E-state index contributed by atoms with van der Waals surface area (Å²) in [6, 6.07) is 9.84. The lowest BCUT2D eigenvalue weighted by Crippen LogP contribution is -2.42. The van der Waals surface area contributed by atoms with Crippen LogP contribution in [0, 0.1) is 11.3 Å². The highest BCUT2D eigenvalue weighted by Gasteiger charge is 2.23. The molecule has 1 atom stereocenters. The van der Waals surface area contributed by atoms with E-state index in [4.69, 9.17) is 11.6 Å². The van der Waals surface area contributed by atoms with E-state index in [1.54, 1.807) is 24.5 Å². The Morgan fingerprint density at radius 1 is 1.27 bits per heavy atom. The van der Waals surface area contributed by atoms with Crippen molar-refractivity contribution in [3.63, 3.8) is 0 Å². The normalized spacial score (nSPS) is 17.8. The lowest BCUT2D eigenvalue weighted by molar-refractivity contribution is 0.527. The lowest BCUT2D eigenvalue weighted by atomic mass is 10.0. The van der Waals surface area contributed by atoms with Gasteiger partial charge >= 0.3 is 0 Å². The van der Waals surface area contributed by atoms with Gasteiger partial charge in [-0.1, -0.05) is 17.7 Å². The van der Waals surface area contributed by atoms with Gasteiger partial charge in [0.25, 0.3) is 0 Å². The molecule has 1 aromatic heterocycles. The summed E-state index contributed by atoms with van der Waals surface area (Å²) in [5.74, 6) is 0.640. The minimum atomic E-state index is 0.252. The molecular weight excluding hydrogens is 298 g/mol. The van der Waals surface area contributed by atoms with Gasteiger partial charge < -0.3 is 10.2 Å². The molecule has 1 aliphatic rings. The van der Waals surface area contributed by atoms with Crippen LogP contribution in [-0.4, -0.2) is 29.1 Å². The van der Waals surface area contributed by atoms with Crippen LogP contribution in [0.25, 0.3) is 0 Å². The quantitative estimate of drug-likeness (QED) is 0.943. The number of hydrogen-bond donors (Lipinski definition) is 1. The molecule has 2 heterocycles. The number of piperidine rings is 1. The van der Waals surface area contributed by atoms with Crippen LogP contribution in [0.2, 0.25) is 5.02 Å². The van der Waals surface area contributed by atoms with Crippen LogP contribution >= 0.6 is 11.6 Å². The molecule has 1 aromatic carbocycles. The average molecular weight is 314 g/mol. The molecule has 0 bridgehead atoms. The molecule has 0 radical (unpaired) electrons.